The van der Waals surface area contributed by atoms with Gasteiger partial charge in [0, 0.05) is 23.2 Å². The molecule has 3 rings (SSSR count). The van der Waals surface area contributed by atoms with Crippen LogP contribution in [-0.2, 0) is 0 Å². The lowest BCUT2D eigenvalue weighted by atomic mass is 10.0. The number of rotatable bonds is 4. The molecule has 1 aliphatic heterocycles. The fourth-order valence-corrected chi connectivity index (χ4v) is 2.89. The summed E-state index contributed by atoms with van der Waals surface area (Å²) in [6, 6.07) is 13.4. The molecular weight excluding hydrogens is 372 g/mol. The third-order valence-corrected chi connectivity index (χ3v) is 4.47. The fourth-order valence-electron chi connectivity index (χ4n) is 2.47. The summed E-state index contributed by atoms with van der Waals surface area (Å²) in [7, 11) is 0. The molecule has 0 unspecified atom stereocenters. The maximum Gasteiger partial charge on any atom is 0.319 e. The highest BCUT2D eigenvalue weighted by Gasteiger charge is 2.16. The van der Waals surface area contributed by atoms with Crippen LogP contribution in [-0.4, -0.2) is 25.8 Å². The van der Waals surface area contributed by atoms with E-state index in [0.29, 0.717) is 36.9 Å². The van der Waals surface area contributed by atoms with Gasteiger partial charge in [-0.1, -0.05) is 37.3 Å². The number of amides is 2. The number of anilines is 1. The molecule has 0 aliphatic carbocycles. The highest BCUT2D eigenvalue weighted by Crippen LogP contribution is 2.38. The molecule has 24 heavy (non-hydrogen) atoms. The first-order chi connectivity index (χ1) is 11.6. The number of carbonyl (C=O) groups excluding carboxylic acids is 1. The lowest BCUT2D eigenvalue weighted by molar-refractivity contribution is 0.171. The van der Waals surface area contributed by atoms with Crippen LogP contribution < -0.4 is 20.1 Å². The van der Waals surface area contributed by atoms with Gasteiger partial charge in [0.2, 0.25) is 0 Å². The first-order valence-electron chi connectivity index (χ1n) is 7.82. The molecule has 1 atom stereocenters. The predicted octanol–water partition coefficient (Wildman–Crippen LogP) is 4.15. The monoisotopic (exact) mass is 390 g/mol. The molecule has 0 aromatic heterocycles. The minimum atomic E-state index is -0.254. The van der Waals surface area contributed by atoms with Crippen LogP contribution >= 0.6 is 15.9 Å². The second kappa shape index (κ2) is 7.57. The van der Waals surface area contributed by atoms with Gasteiger partial charge in [0.25, 0.3) is 0 Å². The quantitative estimate of drug-likeness (QED) is 0.824. The van der Waals surface area contributed by atoms with Crippen LogP contribution in [0.25, 0.3) is 0 Å². The van der Waals surface area contributed by atoms with Crippen molar-refractivity contribution in [2.45, 2.75) is 12.8 Å². The molecule has 2 N–H and O–H groups in total. The Morgan fingerprint density at radius 2 is 1.83 bits per heavy atom. The molecule has 1 aliphatic rings. The number of hydrogen-bond acceptors (Lipinski definition) is 3. The minimum Gasteiger partial charge on any atom is -0.486 e. The van der Waals surface area contributed by atoms with Crippen LogP contribution in [0, 0.1) is 0 Å². The second-order valence-electron chi connectivity index (χ2n) is 5.62. The van der Waals surface area contributed by atoms with Crippen molar-refractivity contribution in [1.29, 1.82) is 0 Å². The molecule has 0 spiro atoms. The zero-order chi connectivity index (χ0) is 16.9. The van der Waals surface area contributed by atoms with Crippen LogP contribution in [0.3, 0.4) is 0 Å². The van der Waals surface area contributed by atoms with Gasteiger partial charge in [-0.3, -0.25) is 0 Å². The van der Waals surface area contributed by atoms with E-state index in [1.807, 2.05) is 18.2 Å². The molecule has 0 fully saturated rings. The standard InChI is InChI=1S/C18H19BrN2O3/c1-12(13-5-3-2-4-6-13)11-20-18(22)21-15-10-17-16(9-14(15)19)23-7-8-24-17/h2-6,9-10,12H,7-8,11H2,1H3,(H2,20,21,22)/t12-/m1/s1. The van der Waals surface area contributed by atoms with Gasteiger partial charge in [0.15, 0.2) is 11.5 Å². The molecular formula is C18H19BrN2O3. The van der Waals surface area contributed by atoms with Crippen molar-refractivity contribution >= 4 is 27.6 Å². The Morgan fingerprint density at radius 3 is 2.54 bits per heavy atom. The van der Waals surface area contributed by atoms with E-state index in [2.05, 4.69) is 45.6 Å². The molecule has 126 valence electrons. The number of ether oxygens (including phenoxy) is 2. The molecule has 0 radical (unpaired) electrons. The number of halogens is 1. The Hall–Kier alpha value is -2.21. The van der Waals surface area contributed by atoms with E-state index in [1.54, 1.807) is 12.1 Å². The summed E-state index contributed by atoms with van der Waals surface area (Å²) in [4.78, 5) is 12.2. The third kappa shape index (κ3) is 4.00. The normalized spacial score (nSPS) is 13.9. The zero-order valence-electron chi connectivity index (χ0n) is 13.3. The number of fused-ring (bicyclic) bond motifs is 1. The van der Waals surface area contributed by atoms with E-state index < -0.39 is 0 Å². The van der Waals surface area contributed by atoms with Crippen molar-refractivity contribution in [3.05, 3.63) is 52.5 Å². The number of urea groups is 1. The summed E-state index contributed by atoms with van der Waals surface area (Å²) in [5.74, 6) is 1.55. The second-order valence-corrected chi connectivity index (χ2v) is 6.48. The zero-order valence-corrected chi connectivity index (χ0v) is 14.9. The van der Waals surface area contributed by atoms with Crippen molar-refractivity contribution in [3.8, 4) is 11.5 Å². The lowest BCUT2D eigenvalue weighted by Crippen LogP contribution is -2.32. The Bertz CT molecular complexity index is 722. The summed E-state index contributed by atoms with van der Waals surface area (Å²) in [6.45, 7) is 3.67. The molecule has 0 saturated heterocycles. The van der Waals surface area contributed by atoms with Crippen molar-refractivity contribution < 1.29 is 14.3 Å². The third-order valence-electron chi connectivity index (χ3n) is 3.82. The average molecular weight is 391 g/mol. The van der Waals surface area contributed by atoms with Gasteiger partial charge < -0.3 is 20.1 Å². The van der Waals surface area contributed by atoms with Crippen LogP contribution in [0.1, 0.15) is 18.4 Å². The van der Waals surface area contributed by atoms with E-state index in [9.17, 15) is 4.79 Å². The smallest absolute Gasteiger partial charge is 0.319 e. The number of carbonyl (C=O) groups is 1. The van der Waals surface area contributed by atoms with E-state index in [4.69, 9.17) is 9.47 Å². The maximum atomic E-state index is 12.2. The molecule has 5 nitrogen and oxygen atoms in total. The van der Waals surface area contributed by atoms with Crippen LogP contribution in [0.15, 0.2) is 46.9 Å². The van der Waals surface area contributed by atoms with Gasteiger partial charge in [-0.25, -0.2) is 4.79 Å². The summed E-state index contributed by atoms with van der Waals surface area (Å²) < 4.78 is 11.8. The van der Waals surface area contributed by atoms with E-state index in [-0.39, 0.29) is 11.9 Å². The number of hydrogen-bond donors (Lipinski definition) is 2. The van der Waals surface area contributed by atoms with Gasteiger partial charge in [0.05, 0.1) is 5.69 Å². The van der Waals surface area contributed by atoms with Gasteiger partial charge in [-0.15, -0.1) is 0 Å². The van der Waals surface area contributed by atoms with Gasteiger partial charge in [-0.05, 0) is 27.4 Å². The highest BCUT2D eigenvalue weighted by molar-refractivity contribution is 9.10. The summed E-state index contributed by atoms with van der Waals surface area (Å²) in [5.41, 5.74) is 1.84. The largest absolute Gasteiger partial charge is 0.486 e. The van der Waals surface area contributed by atoms with Crippen LogP contribution in [0.5, 0.6) is 11.5 Å². The van der Waals surface area contributed by atoms with E-state index in [1.165, 1.54) is 5.56 Å². The number of nitrogens with one attached hydrogen (secondary N) is 2. The van der Waals surface area contributed by atoms with Crippen molar-refractivity contribution in [1.82, 2.24) is 5.32 Å². The SMILES string of the molecule is C[C@H](CNC(=O)Nc1cc2c(cc1Br)OCCO2)c1ccccc1. The lowest BCUT2D eigenvalue weighted by Gasteiger charge is -2.20. The Kier molecular flexibility index (Phi) is 5.25. The predicted molar refractivity (Wildman–Crippen MR) is 97.0 cm³/mol. The molecule has 2 amide bonds. The van der Waals surface area contributed by atoms with E-state index >= 15 is 0 Å². The molecule has 0 bridgehead atoms. The summed E-state index contributed by atoms with van der Waals surface area (Å²) in [5, 5.41) is 5.73. The Morgan fingerprint density at radius 1 is 1.17 bits per heavy atom. The molecule has 2 aromatic rings. The van der Waals surface area contributed by atoms with Crippen LogP contribution in [0.2, 0.25) is 0 Å². The van der Waals surface area contributed by atoms with Crippen molar-refractivity contribution in [2.75, 3.05) is 25.1 Å². The van der Waals surface area contributed by atoms with Gasteiger partial charge >= 0.3 is 6.03 Å². The number of benzene rings is 2. The van der Waals surface area contributed by atoms with Crippen LogP contribution in [0.4, 0.5) is 10.5 Å². The average Bonchev–Trinajstić information content (AvgIpc) is 2.61. The van der Waals surface area contributed by atoms with Crippen molar-refractivity contribution in [2.24, 2.45) is 0 Å². The highest BCUT2D eigenvalue weighted by atomic mass is 79.9. The first kappa shape index (κ1) is 16.6. The molecule has 0 saturated carbocycles. The van der Waals surface area contributed by atoms with E-state index in [0.717, 1.165) is 4.47 Å². The topological polar surface area (TPSA) is 59.6 Å². The fraction of sp³-hybridized carbons (Fsp3) is 0.278. The molecule has 2 aromatic carbocycles. The van der Waals surface area contributed by atoms with Crippen molar-refractivity contribution in [3.63, 3.8) is 0 Å². The summed E-state index contributed by atoms with van der Waals surface area (Å²) in [6.07, 6.45) is 0. The maximum absolute atomic E-state index is 12.2. The van der Waals surface area contributed by atoms with Gasteiger partial charge in [0.1, 0.15) is 13.2 Å². The Balaban J connectivity index is 1.59. The molecule has 6 heteroatoms. The van der Waals surface area contributed by atoms with Gasteiger partial charge in [-0.2, -0.15) is 0 Å². The molecule has 1 heterocycles. The minimum absolute atomic E-state index is 0.237. The Labute approximate surface area is 149 Å². The first-order valence-corrected chi connectivity index (χ1v) is 8.61. The summed E-state index contributed by atoms with van der Waals surface area (Å²) >= 11 is 3.44.